The number of rotatable bonds is 9. The van der Waals surface area contributed by atoms with Gasteiger partial charge in [-0.05, 0) is 70.0 Å². The fourth-order valence-corrected chi connectivity index (χ4v) is 5.19. The summed E-state index contributed by atoms with van der Waals surface area (Å²) < 4.78 is 33.4. The Kier molecular flexibility index (Phi) is 9.34. The number of anilines is 1. The lowest BCUT2D eigenvalue weighted by Gasteiger charge is -2.32. The molecule has 0 saturated carbocycles. The molecule has 1 aliphatic rings. The number of nitrogens with zero attached hydrogens (tertiary/aromatic N) is 2. The maximum Gasteiger partial charge on any atom is 0.326 e. The van der Waals surface area contributed by atoms with Crippen molar-refractivity contribution >= 4 is 33.5 Å². The Balaban J connectivity index is 1.64. The second kappa shape index (κ2) is 12.3. The molecule has 0 spiro atoms. The van der Waals surface area contributed by atoms with Crippen LogP contribution in [-0.2, 0) is 19.6 Å². The molecule has 2 aromatic rings. The normalized spacial score (nSPS) is 15.4. The lowest BCUT2D eigenvalue weighted by molar-refractivity contribution is -0.156. The number of hydrogen-bond donors (Lipinski definition) is 4. The molecular formula is C26H36N6O5S. The molecule has 11 nitrogen and oxygen atoms in total. The maximum atomic E-state index is 12.8. The van der Waals surface area contributed by atoms with Crippen molar-refractivity contribution in [3.8, 4) is 0 Å². The zero-order valence-corrected chi connectivity index (χ0v) is 22.7. The highest BCUT2D eigenvalue weighted by atomic mass is 32.2. The highest BCUT2D eigenvalue weighted by molar-refractivity contribution is 7.89. The van der Waals surface area contributed by atoms with Crippen LogP contribution in [0.2, 0.25) is 0 Å². The van der Waals surface area contributed by atoms with E-state index in [0.29, 0.717) is 5.56 Å². The van der Waals surface area contributed by atoms with Gasteiger partial charge in [0.05, 0.1) is 10.9 Å². The fourth-order valence-electron chi connectivity index (χ4n) is 3.99. The highest BCUT2D eigenvalue weighted by Crippen LogP contribution is 2.22. The number of sulfonamides is 1. The molecule has 6 N–H and O–H groups in total. The van der Waals surface area contributed by atoms with Crippen LogP contribution in [0.15, 0.2) is 64.5 Å². The predicted molar refractivity (Wildman–Crippen MR) is 146 cm³/mol. The van der Waals surface area contributed by atoms with E-state index in [2.05, 4.69) is 19.9 Å². The number of nitrogens with two attached hydrogens (primary N) is 2. The number of esters is 1. The Bertz CT molecular complexity index is 1230. The van der Waals surface area contributed by atoms with Crippen LogP contribution in [0.3, 0.4) is 0 Å². The predicted octanol–water partition coefficient (Wildman–Crippen LogP) is 1.35. The third kappa shape index (κ3) is 8.45. The molecule has 1 amide bonds. The van der Waals surface area contributed by atoms with Crippen molar-refractivity contribution in [1.29, 1.82) is 0 Å². The molecule has 3 rings (SSSR count). The van der Waals surface area contributed by atoms with Gasteiger partial charge in [-0.3, -0.25) is 14.6 Å². The molecule has 0 bridgehead atoms. The van der Waals surface area contributed by atoms with Gasteiger partial charge in [-0.1, -0.05) is 18.2 Å². The number of ether oxygens (including phenoxy) is 1. The summed E-state index contributed by atoms with van der Waals surface area (Å²) >= 11 is 0. The molecule has 0 unspecified atom stereocenters. The minimum Gasteiger partial charge on any atom is -0.459 e. The molecule has 0 aromatic heterocycles. The van der Waals surface area contributed by atoms with E-state index in [1.807, 2.05) is 12.1 Å². The van der Waals surface area contributed by atoms with Crippen LogP contribution in [-0.4, -0.2) is 63.6 Å². The minimum atomic E-state index is -4.03. The SMILES string of the molecule is CC(C)(C)OC(=O)[C@H](CNC(=O)c1ccc(N2CCC(N=C(N)N)CC2)cc1)NS(=O)(=O)c1ccccc1. The number of aliphatic imine (C=N–C) groups is 1. The van der Waals surface area contributed by atoms with Gasteiger partial charge in [0.25, 0.3) is 5.91 Å². The third-order valence-electron chi connectivity index (χ3n) is 5.80. The second-order valence-corrected chi connectivity index (χ2v) is 11.8. The summed E-state index contributed by atoms with van der Waals surface area (Å²) in [6.07, 6.45) is 1.65. The quantitative estimate of drug-likeness (QED) is 0.208. The first-order valence-corrected chi connectivity index (χ1v) is 13.8. The lowest BCUT2D eigenvalue weighted by Crippen LogP contribution is -2.50. The monoisotopic (exact) mass is 544 g/mol. The summed E-state index contributed by atoms with van der Waals surface area (Å²) in [4.78, 5) is 32.0. The van der Waals surface area contributed by atoms with Crippen LogP contribution in [0, 0.1) is 0 Å². The Hall–Kier alpha value is -3.64. The molecule has 1 heterocycles. The van der Waals surface area contributed by atoms with Gasteiger partial charge in [0.15, 0.2) is 5.96 Å². The standard InChI is InChI=1S/C26H36N6O5S/c1-26(2,3)37-24(34)22(31-38(35,36)21-7-5-4-6-8-21)17-29-23(33)18-9-11-20(12-10-18)32-15-13-19(14-16-32)30-25(27)28/h4-12,19,22,31H,13-17H2,1-3H3,(H,29,33)(H4,27,28,30)/t22-/m0/s1. The van der Waals surface area contributed by atoms with Gasteiger partial charge in [0.1, 0.15) is 11.6 Å². The smallest absolute Gasteiger partial charge is 0.326 e. The van der Waals surface area contributed by atoms with Crippen molar-refractivity contribution in [2.24, 2.45) is 16.5 Å². The van der Waals surface area contributed by atoms with Crippen molar-refractivity contribution in [3.05, 3.63) is 60.2 Å². The van der Waals surface area contributed by atoms with Crippen LogP contribution in [0.1, 0.15) is 44.0 Å². The zero-order valence-electron chi connectivity index (χ0n) is 21.9. The Morgan fingerprint density at radius 2 is 1.66 bits per heavy atom. The van der Waals surface area contributed by atoms with Gasteiger partial charge in [0, 0.05) is 30.9 Å². The summed E-state index contributed by atoms with van der Waals surface area (Å²) in [5.41, 5.74) is 11.4. The second-order valence-electron chi connectivity index (χ2n) is 10.0. The molecule has 12 heteroatoms. The average molecular weight is 545 g/mol. The van der Waals surface area contributed by atoms with Crippen molar-refractivity contribution < 1.29 is 22.7 Å². The van der Waals surface area contributed by atoms with Gasteiger partial charge in [0.2, 0.25) is 10.0 Å². The molecule has 0 radical (unpaired) electrons. The summed E-state index contributed by atoms with van der Waals surface area (Å²) in [7, 11) is -4.03. The van der Waals surface area contributed by atoms with E-state index < -0.39 is 33.5 Å². The largest absolute Gasteiger partial charge is 0.459 e. The highest BCUT2D eigenvalue weighted by Gasteiger charge is 2.30. The van der Waals surface area contributed by atoms with Gasteiger partial charge < -0.3 is 26.4 Å². The average Bonchev–Trinajstić information content (AvgIpc) is 2.86. The topological polar surface area (TPSA) is 169 Å². The van der Waals surface area contributed by atoms with E-state index >= 15 is 0 Å². The first kappa shape index (κ1) is 28.9. The fraction of sp³-hybridized carbons (Fsp3) is 0.423. The summed E-state index contributed by atoms with van der Waals surface area (Å²) in [5.74, 6) is -1.15. The van der Waals surface area contributed by atoms with Crippen LogP contribution in [0.4, 0.5) is 5.69 Å². The van der Waals surface area contributed by atoms with Crippen LogP contribution < -0.4 is 26.4 Å². The number of hydrogen-bond acceptors (Lipinski definition) is 7. The molecule has 38 heavy (non-hydrogen) atoms. The molecule has 206 valence electrons. The van der Waals surface area contributed by atoms with E-state index in [1.165, 1.54) is 12.1 Å². The molecule has 1 fully saturated rings. The van der Waals surface area contributed by atoms with Crippen molar-refractivity contribution in [2.75, 3.05) is 24.5 Å². The van der Waals surface area contributed by atoms with Crippen LogP contribution >= 0.6 is 0 Å². The van der Waals surface area contributed by atoms with Crippen molar-refractivity contribution in [3.63, 3.8) is 0 Å². The molecule has 1 aliphatic heterocycles. The van der Waals surface area contributed by atoms with E-state index in [1.54, 1.807) is 51.1 Å². The van der Waals surface area contributed by atoms with E-state index in [0.717, 1.165) is 31.6 Å². The van der Waals surface area contributed by atoms with Crippen LogP contribution in [0.25, 0.3) is 0 Å². The Morgan fingerprint density at radius 1 is 1.05 bits per heavy atom. The van der Waals surface area contributed by atoms with Gasteiger partial charge in [-0.15, -0.1) is 0 Å². The van der Waals surface area contributed by atoms with Crippen molar-refractivity contribution in [1.82, 2.24) is 10.0 Å². The summed E-state index contributed by atoms with van der Waals surface area (Å²) in [5, 5.41) is 2.64. The molecule has 2 aromatic carbocycles. The Morgan fingerprint density at radius 3 is 2.21 bits per heavy atom. The number of benzene rings is 2. The lowest BCUT2D eigenvalue weighted by atomic mass is 10.0. The number of guanidine groups is 1. The van der Waals surface area contributed by atoms with Crippen LogP contribution in [0.5, 0.6) is 0 Å². The maximum absolute atomic E-state index is 12.8. The molecule has 1 saturated heterocycles. The third-order valence-corrected chi connectivity index (χ3v) is 7.29. The first-order chi connectivity index (χ1) is 17.8. The first-order valence-electron chi connectivity index (χ1n) is 12.4. The van der Waals surface area contributed by atoms with E-state index in [4.69, 9.17) is 16.2 Å². The number of amides is 1. The van der Waals surface area contributed by atoms with Gasteiger partial charge in [-0.2, -0.15) is 4.72 Å². The molecular weight excluding hydrogens is 508 g/mol. The van der Waals surface area contributed by atoms with Crippen molar-refractivity contribution in [2.45, 2.75) is 56.2 Å². The number of piperidine rings is 1. The van der Waals surface area contributed by atoms with Gasteiger partial charge >= 0.3 is 5.97 Å². The minimum absolute atomic E-state index is 0.00203. The summed E-state index contributed by atoms with van der Waals surface area (Å²) in [6, 6.07) is 13.5. The molecule has 1 atom stereocenters. The number of carbonyl (C=O) groups is 2. The van der Waals surface area contributed by atoms with E-state index in [9.17, 15) is 18.0 Å². The van der Waals surface area contributed by atoms with E-state index in [-0.39, 0.29) is 23.4 Å². The summed E-state index contributed by atoms with van der Waals surface area (Å²) in [6.45, 7) is 6.31. The zero-order chi connectivity index (χ0) is 27.9. The Labute approximate surface area is 223 Å². The number of nitrogens with one attached hydrogen (secondary N) is 2. The number of carbonyl (C=O) groups excluding carboxylic acids is 2. The van der Waals surface area contributed by atoms with Gasteiger partial charge in [-0.25, -0.2) is 8.42 Å². The molecule has 0 aliphatic carbocycles.